The summed E-state index contributed by atoms with van der Waals surface area (Å²) in [6.07, 6.45) is 0. The lowest BCUT2D eigenvalue weighted by atomic mass is 10.3. The molecule has 0 aliphatic carbocycles. The number of hydrogen-bond acceptors (Lipinski definition) is 6. The molecule has 3 heterocycles. The molecule has 0 bridgehead atoms. The van der Waals surface area contributed by atoms with Crippen LogP contribution in [0.2, 0.25) is 0 Å². The lowest BCUT2D eigenvalue weighted by Crippen LogP contribution is -2.51. The first kappa shape index (κ1) is 17.8. The van der Waals surface area contributed by atoms with Gasteiger partial charge in [-0.2, -0.15) is 9.40 Å². The fraction of sp³-hybridized carbons (Fsp3) is 0.800. The summed E-state index contributed by atoms with van der Waals surface area (Å²) in [5, 5.41) is 6.78. The van der Waals surface area contributed by atoms with Gasteiger partial charge in [-0.05, 0) is 13.8 Å². The zero-order chi connectivity index (χ0) is 17.2. The van der Waals surface area contributed by atoms with Crippen molar-refractivity contribution < 1.29 is 13.2 Å². The monoisotopic (exact) mass is 357 g/mol. The minimum atomic E-state index is -3.45. The van der Waals surface area contributed by atoms with E-state index in [1.807, 2.05) is 0 Å². The highest BCUT2D eigenvalue weighted by Gasteiger charge is 2.32. The van der Waals surface area contributed by atoms with Gasteiger partial charge >= 0.3 is 0 Å². The number of morpholine rings is 1. The van der Waals surface area contributed by atoms with Gasteiger partial charge in [0.15, 0.2) is 0 Å². The predicted molar refractivity (Wildman–Crippen MR) is 90.5 cm³/mol. The third-order valence-corrected chi connectivity index (χ3v) is 6.99. The van der Waals surface area contributed by atoms with Crippen LogP contribution in [-0.2, 0) is 14.8 Å². The molecule has 2 fully saturated rings. The summed E-state index contributed by atoms with van der Waals surface area (Å²) in [7, 11) is -3.45. The molecule has 0 unspecified atom stereocenters. The average molecular weight is 357 g/mol. The molecule has 1 aromatic rings. The zero-order valence-electron chi connectivity index (χ0n) is 14.5. The van der Waals surface area contributed by atoms with Crippen molar-refractivity contribution in [3.63, 3.8) is 0 Å². The Morgan fingerprint density at radius 1 is 1.00 bits per heavy atom. The van der Waals surface area contributed by atoms with Gasteiger partial charge in [-0.25, -0.2) is 8.42 Å². The van der Waals surface area contributed by atoms with Gasteiger partial charge < -0.3 is 4.74 Å². The van der Waals surface area contributed by atoms with Crippen molar-refractivity contribution in [1.29, 1.82) is 0 Å². The molecule has 1 aromatic heterocycles. The van der Waals surface area contributed by atoms with Crippen LogP contribution >= 0.6 is 0 Å². The lowest BCUT2D eigenvalue weighted by Gasteiger charge is -2.35. The van der Waals surface area contributed by atoms with Crippen molar-refractivity contribution in [1.82, 2.24) is 24.3 Å². The Balaban J connectivity index is 1.53. The van der Waals surface area contributed by atoms with E-state index in [4.69, 9.17) is 4.74 Å². The van der Waals surface area contributed by atoms with Crippen molar-refractivity contribution in [3.05, 3.63) is 11.4 Å². The summed E-state index contributed by atoms with van der Waals surface area (Å²) in [6, 6.07) is 0. The fourth-order valence-electron chi connectivity index (χ4n) is 3.35. The number of nitrogens with one attached hydrogen (secondary N) is 1. The second-order valence-corrected chi connectivity index (χ2v) is 8.34. The van der Waals surface area contributed by atoms with Gasteiger partial charge in [0.1, 0.15) is 4.90 Å². The Morgan fingerprint density at radius 3 is 2.12 bits per heavy atom. The fourth-order valence-corrected chi connectivity index (χ4v) is 5.10. The molecule has 0 aromatic carbocycles. The molecular weight excluding hydrogens is 330 g/mol. The molecule has 9 heteroatoms. The van der Waals surface area contributed by atoms with Crippen molar-refractivity contribution in [2.75, 3.05) is 65.6 Å². The standard InChI is InChI=1S/C15H27N5O3S/c1-13-15(14(2)17-16-13)24(21,22)20-7-5-18(6-8-20)3-4-19-9-11-23-12-10-19/h3-12H2,1-2H3,(H,16,17). The molecule has 0 amide bonds. The topological polar surface area (TPSA) is 81.8 Å². The van der Waals surface area contributed by atoms with Crippen LogP contribution in [-0.4, -0.2) is 98.3 Å². The molecule has 24 heavy (non-hydrogen) atoms. The Hall–Kier alpha value is -1.00. The molecule has 3 rings (SSSR count). The molecule has 0 atom stereocenters. The maximum Gasteiger partial charge on any atom is 0.246 e. The quantitative estimate of drug-likeness (QED) is 0.777. The van der Waals surface area contributed by atoms with E-state index >= 15 is 0 Å². The molecule has 2 aliphatic rings. The van der Waals surface area contributed by atoms with Crippen LogP contribution in [0.1, 0.15) is 11.4 Å². The van der Waals surface area contributed by atoms with Crippen molar-refractivity contribution in [3.8, 4) is 0 Å². The molecule has 0 saturated carbocycles. The molecule has 1 N–H and O–H groups in total. The van der Waals surface area contributed by atoms with Crippen molar-refractivity contribution >= 4 is 10.0 Å². The Kier molecular flexibility index (Phi) is 5.56. The first-order valence-corrected chi connectivity index (χ1v) is 9.96. The molecule has 136 valence electrons. The van der Waals surface area contributed by atoms with E-state index in [1.165, 1.54) is 0 Å². The van der Waals surface area contributed by atoms with Crippen LogP contribution in [0.4, 0.5) is 0 Å². The van der Waals surface area contributed by atoms with E-state index < -0.39 is 10.0 Å². The summed E-state index contributed by atoms with van der Waals surface area (Å²) in [5.41, 5.74) is 1.16. The largest absolute Gasteiger partial charge is 0.379 e. The molecule has 8 nitrogen and oxygen atoms in total. The van der Waals surface area contributed by atoms with Gasteiger partial charge in [-0.3, -0.25) is 14.9 Å². The summed E-state index contributed by atoms with van der Waals surface area (Å²) in [4.78, 5) is 5.09. The average Bonchev–Trinajstić information content (AvgIpc) is 2.93. The van der Waals surface area contributed by atoms with Crippen LogP contribution in [0.25, 0.3) is 0 Å². The van der Waals surface area contributed by atoms with Crippen LogP contribution in [0.3, 0.4) is 0 Å². The Labute approximate surface area is 143 Å². The van der Waals surface area contributed by atoms with Crippen LogP contribution in [0.15, 0.2) is 4.90 Å². The highest BCUT2D eigenvalue weighted by atomic mass is 32.2. The minimum Gasteiger partial charge on any atom is -0.379 e. The van der Waals surface area contributed by atoms with Crippen LogP contribution in [0.5, 0.6) is 0 Å². The number of ether oxygens (including phenoxy) is 1. The van der Waals surface area contributed by atoms with Gasteiger partial charge in [-0.1, -0.05) is 0 Å². The summed E-state index contributed by atoms with van der Waals surface area (Å²) in [5.74, 6) is 0. The second-order valence-electron chi connectivity index (χ2n) is 6.46. The summed E-state index contributed by atoms with van der Waals surface area (Å²) in [6.45, 7) is 11.7. The summed E-state index contributed by atoms with van der Waals surface area (Å²) >= 11 is 0. The second kappa shape index (κ2) is 7.49. The van der Waals surface area contributed by atoms with Gasteiger partial charge in [-0.15, -0.1) is 0 Å². The van der Waals surface area contributed by atoms with E-state index in [0.717, 1.165) is 52.5 Å². The number of hydrogen-bond donors (Lipinski definition) is 1. The van der Waals surface area contributed by atoms with Gasteiger partial charge in [0.05, 0.1) is 24.6 Å². The van der Waals surface area contributed by atoms with Gasteiger partial charge in [0.2, 0.25) is 10.0 Å². The van der Waals surface area contributed by atoms with E-state index in [1.54, 1.807) is 18.2 Å². The van der Waals surface area contributed by atoms with E-state index in [9.17, 15) is 8.42 Å². The molecule has 2 aliphatic heterocycles. The van der Waals surface area contributed by atoms with Crippen molar-refractivity contribution in [2.24, 2.45) is 0 Å². The zero-order valence-corrected chi connectivity index (χ0v) is 15.3. The Morgan fingerprint density at radius 2 is 1.58 bits per heavy atom. The first-order chi connectivity index (χ1) is 11.5. The molecule has 0 radical (unpaired) electrons. The maximum atomic E-state index is 12.8. The normalized spacial score (nSPS) is 22.1. The minimum absolute atomic E-state index is 0.337. The third-order valence-electron chi connectivity index (χ3n) is 4.83. The summed E-state index contributed by atoms with van der Waals surface area (Å²) < 4.78 is 32.6. The number of rotatable bonds is 5. The molecule has 2 saturated heterocycles. The molecular formula is C15H27N5O3S. The first-order valence-electron chi connectivity index (χ1n) is 8.52. The number of H-pyrrole nitrogens is 1. The number of aryl methyl sites for hydroxylation is 2. The van der Waals surface area contributed by atoms with Crippen LogP contribution in [0, 0.1) is 13.8 Å². The highest BCUT2D eigenvalue weighted by molar-refractivity contribution is 7.89. The lowest BCUT2D eigenvalue weighted by molar-refractivity contribution is 0.0317. The smallest absolute Gasteiger partial charge is 0.246 e. The number of nitrogens with zero attached hydrogens (tertiary/aromatic N) is 4. The van der Waals surface area contributed by atoms with Crippen LogP contribution < -0.4 is 0 Å². The van der Waals surface area contributed by atoms with Crippen molar-refractivity contribution in [2.45, 2.75) is 18.7 Å². The SMILES string of the molecule is Cc1n[nH]c(C)c1S(=O)(=O)N1CCN(CCN2CCOCC2)CC1. The number of piperazine rings is 1. The number of aromatic amines is 1. The number of aromatic nitrogens is 2. The predicted octanol–water partition coefficient (Wildman–Crippen LogP) is -0.335. The highest BCUT2D eigenvalue weighted by Crippen LogP contribution is 2.22. The van der Waals surface area contributed by atoms with E-state index in [2.05, 4.69) is 20.0 Å². The molecule has 0 spiro atoms. The van der Waals surface area contributed by atoms with E-state index in [-0.39, 0.29) is 0 Å². The van der Waals surface area contributed by atoms with Gasteiger partial charge in [0, 0.05) is 52.4 Å². The maximum absolute atomic E-state index is 12.8. The number of sulfonamides is 1. The van der Waals surface area contributed by atoms with E-state index in [0.29, 0.717) is 29.4 Å². The van der Waals surface area contributed by atoms with Gasteiger partial charge in [0.25, 0.3) is 0 Å². The Bertz CT molecular complexity index is 627. The third kappa shape index (κ3) is 3.80.